The van der Waals surface area contributed by atoms with Crippen LogP contribution in [0.4, 0.5) is 0 Å². The van der Waals surface area contributed by atoms with Gasteiger partial charge in [-0.2, -0.15) is 0 Å². The van der Waals surface area contributed by atoms with Crippen LogP contribution in [0.1, 0.15) is 65.2 Å². The summed E-state index contributed by atoms with van der Waals surface area (Å²) in [7, 11) is 0. The van der Waals surface area contributed by atoms with Crippen molar-refractivity contribution in [3.63, 3.8) is 0 Å². The van der Waals surface area contributed by atoms with Gasteiger partial charge in [0, 0.05) is 45.1 Å². The van der Waals surface area contributed by atoms with E-state index < -0.39 is 0 Å². The van der Waals surface area contributed by atoms with E-state index >= 15 is 0 Å². The van der Waals surface area contributed by atoms with Crippen LogP contribution in [0.15, 0.2) is 0 Å². The fourth-order valence-electron chi connectivity index (χ4n) is 3.42. The minimum Gasteiger partial charge on any atom is -0.343 e. The van der Waals surface area contributed by atoms with Crippen molar-refractivity contribution in [2.24, 2.45) is 5.92 Å². The molecule has 1 saturated heterocycles. The minimum atomic E-state index is 0.132. The Hall–Kier alpha value is -1.10. The highest BCUT2D eigenvalue weighted by Crippen LogP contribution is 2.28. The lowest BCUT2D eigenvalue weighted by Crippen LogP contribution is -2.45. The molecule has 2 fully saturated rings. The lowest BCUT2D eigenvalue weighted by atomic mass is 10.0. The molecule has 0 aromatic heterocycles. The largest absolute Gasteiger partial charge is 0.343 e. The summed E-state index contributed by atoms with van der Waals surface area (Å²) in [6.45, 7) is 8.60. The van der Waals surface area contributed by atoms with Gasteiger partial charge in [0.2, 0.25) is 11.8 Å². The van der Waals surface area contributed by atoms with Crippen LogP contribution in [-0.2, 0) is 9.59 Å². The number of hydrogen-bond donors (Lipinski definition) is 1. The second-order valence-corrected chi connectivity index (χ2v) is 7.39. The third-order valence-corrected chi connectivity index (χ3v) is 5.13. The van der Waals surface area contributed by atoms with E-state index in [-0.39, 0.29) is 11.8 Å². The molecule has 2 rings (SSSR count). The third kappa shape index (κ3) is 6.42. The van der Waals surface area contributed by atoms with Crippen molar-refractivity contribution in [1.82, 2.24) is 15.1 Å². The van der Waals surface area contributed by atoms with Gasteiger partial charge in [-0.25, -0.2) is 0 Å². The molecule has 5 nitrogen and oxygen atoms in total. The molecule has 1 heterocycles. The molecular formula is C19H35N3O2. The fourth-order valence-corrected chi connectivity index (χ4v) is 3.42. The van der Waals surface area contributed by atoms with E-state index in [4.69, 9.17) is 0 Å². The average molecular weight is 338 g/mol. The Kier molecular flexibility index (Phi) is 8.03. The molecule has 0 aromatic carbocycles. The van der Waals surface area contributed by atoms with E-state index in [1.54, 1.807) is 0 Å². The quantitative estimate of drug-likeness (QED) is 0.666. The monoisotopic (exact) mass is 337 g/mol. The van der Waals surface area contributed by atoms with E-state index in [0.717, 1.165) is 64.3 Å². The van der Waals surface area contributed by atoms with Crippen LogP contribution in [0.25, 0.3) is 0 Å². The molecule has 0 unspecified atom stereocenters. The molecule has 1 N–H and O–H groups in total. The first-order valence-electron chi connectivity index (χ1n) is 9.93. The van der Waals surface area contributed by atoms with E-state index in [1.807, 2.05) is 9.80 Å². The summed E-state index contributed by atoms with van der Waals surface area (Å²) < 4.78 is 0. The highest BCUT2D eigenvalue weighted by molar-refractivity contribution is 5.83. The number of nitrogens with zero attached hydrogens (tertiary/aromatic N) is 2. The number of piperidine rings is 1. The molecule has 0 atom stereocenters. The highest BCUT2D eigenvalue weighted by atomic mass is 16.2. The Labute approximate surface area is 147 Å². The summed E-state index contributed by atoms with van der Waals surface area (Å²) in [5.74, 6) is 1.19. The van der Waals surface area contributed by atoms with Crippen molar-refractivity contribution >= 4 is 11.8 Å². The van der Waals surface area contributed by atoms with Crippen molar-refractivity contribution in [2.75, 3.05) is 32.7 Å². The van der Waals surface area contributed by atoms with Crippen LogP contribution in [0, 0.1) is 5.92 Å². The first kappa shape index (κ1) is 19.2. The molecule has 0 bridgehead atoms. The van der Waals surface area contributed by atoms with Crippen LogP contribution < -0.4 is 5.32 Å². The molecular weight excluding hydrogens is 302 g/mol. The molecule has 5 heteroatoms. The summed E-state index contributed by atoms with van der Waals surface area (Å²) in [6, 6.07) is 0.570. The molecule has 24 heavy (non-hydrogen) atoms. The van der Waals surface area contributed by atoms with E-state index in [9.17, 15) is 9.59 Å². The average Bonchev–Trinajstić information content (AvgIpc) is 3.42. The Morgan fingerprint density at radius 3 is 2.17 bits per heavy atom. The summed E-state index contributed by atoms with van der Waals surface area (Å²) >= 11 is 0. The van der Waals surface area contributed by atoms with Crippen LogP contribution in [-0.4, -0.2) is 60.4 Å². The van der Waals surface area contributed by atoms with Gasteiger partial charge in [0.05, 0.1) is 0 Å². The maximum Gasteiger partial charge on any atom is 0.223 e. The second kappa shape index (κ2) is 10.0. The van der Waals surface area contributed by atoms with Gasteiger partial charge in [0.25, 0.3) is 0 Å². The van der Waals surface area contributed by atoms with Crippen LogP contribution >= 0.6 is 0 Å². The lowest BCUT2D eigenvalue weighted by molar-refractivity contribution is -0.137. The van der Waals surface area contributed by atoms with Crippen molar-refractivity contribution in [2.45, 2.75) is 71.3 Å². The molecule has 138 valence electrons. The Balaban J connectivity index is 1.64. The first-order valence-corrected chi connectivity index (χ1v) is 9.93. The van der Waals surface area contributed by atoms with Crippen molar-refractivity contribution in [3.05, 3.63) is 0 Å². The van der Waals surface area contributed by atoms with Gasteiger partial charge < -0.3 is 15.1 Å². The summed E-state index contributed by atoms with van der Waals surface area (Å²) in [6.07, 6.45) is 7.52. The zero-order chi connectivity index (χ0) is 17.4. The maximum atomic E-state index is 12.4. The third-order valence-electron chi connectivity index (χ3n) is 5.13. The zero-order valence-corrected chi connectivity index (χ0v) is 15.6. The summed E-state index contributed by atoms with van der Waals surface area (Å²) in [5, 5.41) is 3.64. The standard InChI is InChI=1S/C19H35N3O2/c1-3-11-21(12-4-2)18(23)7-8-19(24)22-13-9-17(10-14-22)20-15-16-5-6-16/h16-17,20H,3-15H2,1-2H3. The molecule has 1 aliphatic carbocycles. The number of nitrogens with one attached hydrogen (secondary N) is 1. The van der Waals surface area contributed by atoms with Gasteiger partial charge in [0.15, 0.2) is 0 Å². The first-order chi connectivity index (χ1) is 11.6. The van der Waals surface area contributed by atoms with Crippen LogP contribution in [0.3, 0.4) is 0 Å². The topological polar surface area (TPSA) is 52.7 Å². The Morgan fingerprint density at radius 2 is 1.62 bits per heavy atom. The molecule has 0 aromatic rings. The highest BCUT2D eigenvalue weighted by Gasteiger charge is 2.26. The van der Waals surface area contributed by atoms with E-state index in [1.165, 1.54) is 12.8 Å². The predicted molar refractivity (Wildman–Crippen MR) is 96.7 cm³/mol. The van der Waals surface area contributed by atoms with Gasteiger partial charge in [-0.1, -0.05) is 13.8 Å². The summed E-state index contributed by atoms with van der Waals surface area (Å²) in [4.78, 5) is 28.5. The fraction of sp³-hybridized carbons (Fsp3) is 0.895. The van der Waals surface area contributed by atoms with Gasteiger partial charge >= 0.3 is 0 Å². The molecule has 0 spiro atoms. The van der Waals surface area contributed by atoms with Crippen molar-refractivity contribution in [3.8, 4) is 0 Å². The SMILES string of the molecule is CCCN(CCC)C(=O)CCC(=O)N1CCC(NCC2CC2)CC1. The number of carbonyl (C=O) groups is 2. The van der Waals surface area contributed by atoms with Crippen molar-refractivity contribution < 1.29 is 9.59 Å². The minimum absolute atomic E-state index is 0.132. The normalized spacial score (nSPS) is 18.7. The predicted octanol–water partition coefficient (Wildman–Crippen LogP) is 2.41. The number of amides is 2. The summed E-state index contributed by atoms with van der Waals surface area (Å²) in [5.41, 5.74) is 0. The van der Waals surface area contributed by atoms with Gasteiger partial charge in [-0.3, -0.25) is 9.59 Å². The second-order valence-electron chi connectivity index (χ2n) is 7.39. The number of rotatable bonds is 10. The molecule has 1 aliphatic heterocycles. The molecule has 0 radical (unpaired) electrons. The van der Waals surface area contributed by atoms with Crippen molar-refractivity contribution in [1.29, 1.82) is 0 Å². The zero-order valence-electron chi connectivity index (χ0n) is 15.6. The van der Waals surface area contributed by atoms with E-state index in [2.05, 4.69) is 19.2 Å². The molecule has 2 amide bonds. The Bertz CT molecular complexity index is 395. The number of likely N-dealkylation sites (tertiary alicyclic amines) is 1. The van der Waals surface area contributed by atoms with Crippen LogP contribution in [0.2, 0.25) is 0 Å². The van der Waals surface area contributed by atoms with Gasteiger partial charge in [-0.15, -0.1) is 0 Å². The number of hydrogen-bond acceptors (Lipinski definition) is 3. The maximum absolute atomic E-state index is 12.4. The van der Waals surface area contributed by atoms with Crippen LogP contribution in [0.5, 0.6) is 0 Å². The molecule has 1 saturated carbocycles. The molecule has 2 aliphatic rings. The van der Waals surface area contributed by atoms with E-state index in [0.29, 0.717) is 18.9 Å². The van der Waals surface area contributed by atoms with Gasteiger partial charge in [0.1, 0.15) is 0 Å². The lowest BCUT2D eigenvalue weighted by Gasteiger charge is -2.32. The smallest absolute Gasteiger partial charge is 0.223 e. The van der Waals surface area contributed by atoms with Gasteiger partial charge in [-0.05, 0) is 51.0 Å². The Morgan fingerprint density at radius 1 is 1.00 bits per heavy atom. The number of carbonyl (C=O) groups excluding carboxylic acids is 2.